The van der Waals surface area contributed by atoms with Gasteiger partial charge in [0.2, 0.25) is 0 Å². The SMILES string of the molecule is COc1cc(/C=C/C(=O)c2c(C)nc3ccc(Br)cc3c2-c2ccccc2)cc(Br)c1OC. The summed E-state index contributed by atoms with van der Waals surface area (Å²) < 4.78 is 12.5. The van der Waals surface area contributed by atoms with Gasteiger partial charge in [-0.05, 0) is 70.4 Å². The summed E-state index contributed by atoms with van der Waals surface area (Å²) in [5, 5.41) is 0.923. The smallest absolute Gasteiger partial charge is 0.188 e. The average molecular weight is 567 g/mol. The summed E-state index contributed by atoms with van der Waals surface area (Å²) in [6.45, 7) is 1.88. The predicted molar refractivity (Wildman–Crippen MR) is 140 cm³/mol. The zero-order valence-corrected chi connectivity index (χ0v) is 21.5. The summed E-state index contributed by atoms with van der Waals surface area (Å²) in [6, 6.07) is 19.6. The van der Waals surface area contributed by atoms with E-state index < -0.39 is 0 Å². The van der Waals surface area contributed by atoms with Gasteiger partial charge in [0.15, 0.2) is 17.3 Å². The topological polar surface area (TPSA) is 48.4 Å². The molecule has 0 amide bonds. The van der Waals surface area contributed by atoms with Crippen LogP contribution in [0.4, 0.5) is 0 Å². The van der Waals surface area contributed by atoms with Crippen LogP contribution < -0.4 is 9.47 Å². The minimum atomic E-state index is -0.119. The molecule has 1 aromatic heterocycles. The molecule has 0 aliphatic carbocycles. The highest BCUT2D eigenvalue weighted by Crippen LogP contribution is 2.37. The van der Waals surface area contributed by atoms with Crippen LogP contribution in [0.5, 0.6) is 11.5 Å². The van der Waals surface area contributed by atoms with Crippen molar-refractivity contribution in [2.45, 2.75) is 6.92 Å². The first-order valence-corrected chi connectivity index (χ1v) is 11.8. The summed E-state index contributed by atoms with van der Waals surface area (Å²) in [7, 11) is 3.16. The van der Waals surface area contributed by atoms with Gasteiger partial charge in [0.1, 0.15) is 0 Å². The lowest BCUT2D eigenvalue weighted by molar-refractivity contribution is 0.104. The fourth-order valence-electron chi connectivity index (χ4n) is 3.85. The van der Waals surface area contributed by atoms with Crippen molar-refractivity contribution in [3.8, 4) is 22.6 Å². The first-order valence-electron chi connectivity index (χ1n) is 10.2. The number of carbonyl (C=O) groups is 1. The molecule has 4 nitrogen and oxygen atoms in total. The van der Waals surface area contributed by atoms with Gasteiger partial charge in [0, 0.05) is 21.1 Å². The lowest BCUT2D eigenvalue weighted by Crippen LogP contribution is -2.05. The molecule has 0 aliphatic rings. The molecule has 0 atom stereocenters. The van der Waals surface area contributed by atoms with Crippen LogP contribution in [0.2, 0.25) is 0 Å². The van der Waals surface area contributed by atoms with Crippen molar-refractivity contribution in [1.29, 1.82) is 0 Å². The van der Waals surface area contributed by atoms with Crippen LogP contribution in [-0.4, -0.2) is 25.0 Å². The van der Waals surface area contributed by atoms with Crippen molar-refractivity contribution in [3.63, 3.8) is 0 Å². The van der Waals surface area contributed by atoms with Crippen LogP contribution >= 0.6 is 31.9 Å². The number of carbonyl (C=O) groups excluding carboxylic acids is 1. The summed E-state index contributed by atoms with van der Waals surface area (Å²) in [6.07, 6.45) is 3.35. The number of ketones is 1. The van der Waals surface area contributed by atoms with Gasteiger partial charge < -0.3 is 9.47 Å². The lowest BCUT2D eigenvalue weighted by atomic mass is 9.92. The molecule has 0 fully saturated rings. The molecule has 4 rings (SSSR count). The lowest BCUT2D eigenvalue weighted by Gasteiger charge is -2.14. The van der Waals surface area contributed by atoms with Crippen LogP contribution in [0, 0.1) is 6.92 Å². The highest BCUT2D eigenvalue weighted by atomic mass is 79.9. The van der Waals surface area contributed by atoms with E-state index in [4.69, 9.17) is 14.5 Å². The molecule has 0 saturated carbocycles. The fourth-order valence-corrected chi connectivity index (χ4v) is 4.84. The van der Waals surface area contributed by atoms with Gasteiger partial charge in [-0.2, -0.15) is 0 Å². The number of rotatable bonds is 6. The van der Waals surface area contributed by atoms with E-state index in [9.17, 15) is 4.79 Å². The first-order chi connectivity index (χ1) is 15.9. The number of aryl methyl sites for hydroxylation is 1. The Bertz CT molecular complexity index is 1380. The summed E-state index contributed by atoms with van der Waals surface area (Å²) >= 11 is 7.06. The van der Waals surface area contributed by atoms with Crippen molar-refractivity contribution in [3.05, 3.63) is 92.5 Å². The number of hydrogen-bond acceptors (Lipinski definition) is 4. The number of fused-ring (bicyclic) bond motifs is 1. The Balaban J connectivity index is 1.85. The molecule has 0 radical (unpaired) electrons. The molecule has 0 aliphatic heterocycles. The van der Waals surface area contributed by atoms with E-state index in [1.807, 2.05) is 67.6 Å². The van der Waals surface area contributed by atoms with Gasteiger partial charge in [-0.3, -0.25) is 9.78 Å². The van der Waals surface area contributed by atoms with Crippen LogP contribution in [0.15, 0.2) is 75.7 Å². The van der Waals surface area contributed by atoms with Gasteiger partial charge in [-0.25, -0.2) is 0 Å². The van der Waals surface area contributed by atoms with E-state index in [0.29, 0.717) is 22.8 Å². The average Bonchev–Trinajstić information content (AvgIpc) is 2.82. The predicted octanol–water partition coefficient (Wildman–Crippen LogP) is 7.65. The van der Waals surface area contributed by atoms with Crippen molar-refractivity contribution < 1.29 is 14.3 Å². The molecule has 0 saturated heterocycles. The first kappa shape index (κ1) is 23.2. The third-order valence-electron chi connectivity index (χ3n) is 5.32. The van der Waals surface area contributed by atoms with Gasteiger partial charge in [0.25, 0.3) is 0 Å². The number of pyridine rings is 1. The maximum atomic E-state index is 13.5. The number of aromatic nitrogens is 1. The Morgan fingerprint density at radius 1 is 0.970 bits per heavy atom. The van der Waals surface area contributed by atoms with Crippen molar-refractivity contribution >= 4 is 54.6 Å². The third-order valence-corrected chi connectivity index (χ3v) is 6.40. The molecular formula is C27H21Br2NO3. The molecule has 0 N–H and O–H groups in total. The number of halogens is 2. The highest BCUT2D eigenvalue weighted by molar-refractivity contribution is 9.10. The zero-order chi connectivity index (χ0) is 23.5. The molecule has 6 heteroatoms. The molecule has 4 aromatic rings. The molecular weight excluding hydrogens is 546 g/mol. The number of nitrogens with zero attached hydrogens (tertiary/aromatic N) is 1. The van der Waals surface area contributed by atoms with Crippen LogP contribution in [0.25, 0.3) is 28.1 Å². The van der Waals surface area contributed by atoms with Gasteiger partial charge >= 0.3 is 0 Å². The van der Waals surface area contributed by atoms with Crippen molar-refractivity contribution in [1.82, 2.24) is 4.98 Å². The van der Waals surface area contributed by atoms with E-state index in [2.05, 4.69) is 31.9 Å². The standard InChI is InChI=1S/C27H21Br2NO3/c1-16-25(23(31)12-9-17-13-21(29)27(33-3)24(14-17)32-2)26(18-7-5-4-6-8-18)20-15-19(28)10-11-22(20)30-16/h4-15H,1-3H3/b12-9+. The van der Waals surface area contributed by atoms with Gasteiger partial charge in [-0.15, -0.1) is 0 Å². The largest absolute Gasteiger partial charge is 0.493 e. The number of allylic oxidation sites excluding steroid dienone is 1. The number of hydrogen-bond donors (Lipinski definition) is 0. The highest BCUT2D eigenvalue weighted by Gasteiger charge is 2.19. The maximum Gasteiger partial charge on any atom is 0.188 e. The van der Waals surface area contributed by atoms with Crippen LogP contribution in [0.1, 0.15) is 21.6 Å². The zero-order valence-electron chi connectivity index (χ0n) is 18.4. The van der Waals surface area contributed by atoms with Crippen LogP contribution in [-0.2, 0) is 0 Å². The number of methoxy groups -OCH3 is 2. The van der Waals surface area contributed by atoms with Crippen LogP contribution in [0.3, 0.4) is 0 Å². The summed E-state index contributed by atoms with van der Waals surface area (Å²) in [5.74, 6) is 1.07. The Morgan fingerprint density at radius 3 is 2.42 bits per heavy atom. The molecule has 0 bridgehead atoms. The molecule has 0 spiro atoms. The van der Waals surface area contributed by atoms with E-state index >= 15 is 0 Å². The molecule has 0 unspecified atom stereocenters. The van der Waals surface area contributed by atoms with Crippen molar-refractivity contribution in [2.75, 3.05) is 14.2 Å². The monoisotopic (exact) mass is 565 g/mol. The minimum absolute atomic E-state index is 0.119. The third kappa shape index (κ3) is 4.72. The number of ether oxygens (including phenoxy) is 2. The second-order valence-corrected chi connectivity index (χ2v) is 9.18. The second-order valence-electron chi connectivity index (χ2n) is 7.41. The summed E-state index contributed by atoms with van der Waals surface area (Å²) in [5.41, 5.74) is 4.77. The fraction of sp³-hybridized carbons (Fsp3) is 0.111. The Morgan fingerprint density at radius 2 is 1.73 bits per heavy atom. The molecule has 1 heterocycles. The molecule has 166 valence electrons. The van der Waals surface area contributed by atoms with Gasteiger partial charge in [-0.1, -0.05) is 52.3 Å². The normalized spacial score (nSPS) is 11.2. The van der Waals surface area contributed by atoms with E-state index in [0.717, 1.165) is 36.5 Å². The Kier molecular flexibility index (Phi) is 6.96. The maximum absolute atomic E-state index is 13.5. The Hall–Kier alpha value is -2.96. The summed E-state index contributed by atoms with van der Waals surface area (Å²) in [4.78, 5) is 18.2. The van der Waals surface area contributed by atoms with E-state index in [1.54, 1.807) is 26.4 Å². The van der Waals surface area contributed by atoms with Gasteiger partial charge in [0.05, 0.1) is 29.8 Å². The minimum Gasteiger partial charge on any atom is -0.493 e. The quantitative estimate of drug-likeness (QED) is 0.178. The van der Waals surface area contributed by atoms with E-state index in [1.165, 1.54) is 0 Å². The number of benzene rings is 3. The van der Waals surface area contributed by atoms with Crippen molar-refractivity contribution in [2.24, 2.45) is 0 Å². The van der Waals surface area contributed by atoms with E-state index in [-0.39, 0.29) is 5.78 Å². The second kappa shape index (κ2) is 9.89. The molecule has 3 aromatic carbocycles. The Labute approximate surface area is 209 Å². The molecule has 33 heavy (non-hydrogen) atoms.